The molecule has 0 saturated carbocycles. The van der Waals surface area contributed by atoms with Crippen LogP contribution < -0.4 is 0 Å². The fourth-order valence-corrected chi connectivity index (χ4v) is 4.65. The van der Waals surface area contributed by atoms with Gasteiger partial charge in [-0.05, 0) is 86.9 Å². The number of nitrogens with one attached hydrogen (secondary N) is 1. The maximum absolute atomic E-state index is 6.16. The molecule has 0 spiro atoms. The number of nitrogens with zero attached hydrogens (tertiary/aromatic N) is 1. The number of piperidine rings is 1. The highest BCUT2D eigenvalue weighted by Crippen LogP contribution is 2.24. The molecule has 27 heavy (non-hydrogen) atoms. The van der Waals surface area contributed by atoms with Crippen LogP contribution in [0.3, 0.4) is 0 Å². The van der Waals surface area contributed by atoms with E-state index in [1.165, 1.54) is 73.8 Å². The molecular weight excluding hydrogens is 352 g/mol. The van der Waals surface area contributed by atoms with Crippen molar-refractivity contribution in [3.63, 3.8) is 0 Å². The molecular formula is C24H29ClN2. The van der Waals surface area contributed by atoms with E-state index in [2.05, 4.69) is 58.5 Å². The van der Waals surface area contributed by atoms with Crippen LogP contribution >= 0.6 is 11.6 Å². The molecule has 0 bridgehead atoms. The van der Waals surface area contributed by atoms with E-state index < -0.39 is 0 Å². The Morgan fingerprint density at radius 2 is 1.96 bits per heavy atom. The molecule has 2 aromatic carbocycles. The molecule has 3 heteroatoms. The lowest BCUT2D eigenvalue weighted by Crippen LogP contribution is -2.36. The van der Waals surface area contributed by atoms with Crippen LogP contribution in [-0.4, -0.2) is 29.5 Å². The van der Waals surface area contributed by atoms with Crippen LogP contribution in [0.15, 0.2) is 54.7 Å². The molecule has 4 rings (SSSR count). The zero-order valence-electron chi connectivity index (χ0n) is 16.0. The number of fused-ring (bicyclic) bond motifs is 1. The van der Waals surface area contributed by atoms with Crippen molar-refractivity contribution in [2.45, 2.75) is 38.5 Å². The summed E-state index contributed by atoms with van der Waals surface area (Å²) in [5.41, 5.74) is 4.07. The standard InChI is InChI=1S/C24H29ClN2/c25-22-11-12-24-23(16-22)21(17-26-24)10-4-5-13-27-14-6-9-20(18-27)15-19-7-2-1-3-8-19/h1-3,7-8,11-12,16-17,20,26H,4-6,9-10,13-15,18H2. The van der Waals surface area contributed by atoms with E-state index >= 15 is 0 Å². The summed E-state index contributed by atoms with van der Waals surface area (Å²) in [5.74, 6) is 0.817. The van der Waals surface area contributed by atoms with Gasteiger partial charge < -0.3 is 9.88 Å². The molecule has 142 valence electrons. The number of H-pyrrole nitrogens is 1. The molecule has 1 N–H and O–H groups in total. The minimum Gasteiger partial charge on any atom is -0.361 e. The Morgan fingerprint density at radius 1 is 1.07 bits per heavy atom. The van der Waals surface area contributed by atoms with Gasteiger partial charge >= 0.3 is 0 Å². The topological polar surface area (TPSA) is 19.0 Å². The lowest BCUT2D eigenvalue weighted by Gasteiger charge is -2.32. The summed E-state index contributed by atoms with van der Waals surface area (Å²) >= 11 is 6.16. The highest BCUT2D eigenvalue weighted by molar-refractivity contribution is 6.31. The normalized spacial score (nSPS) is 18.2. The van der Waals surface area contributed by atoms with Gasteiger partial charge in [-0.3, -0.25) is 0 Å². The van der Waals surface area contributed by atoms with Gasteiger partial charge in [-0.15, -0.1) is 0 Å². The zero-order chi connectivity index (χ0) is 18.5. The first-order valence-corrected chi connectivity index (χ1v) is 10.7. The van der Waals surface area contributed by atoms with Gasteiger partial charge in [0.05, 0.1) is 0 Å². The van der Waals surface area contributed by atoms with Crippen LogP contribution in [0.4, 0.5) is 0 Å². The van der Waals surface area contributed by atoms with Crippen molar-refractivity contribution in [1.82, 2.24) is 9.88 Å². The van der Waals surface area contributed by atoms with Crippen molar-refractivity contribution in [1.29, 1.82) is 0 Å². The van der Waals surface area contributed by atoms with Crippen molar-refractivity contribution in [3.05, 3.63) is 70.9 Å². The van der Waals surface area contributed by atoms with Crippen molar-refractivity contribution in [2.75, 3.05) is 19.6 Å². The lowest BCUT2D eigenvalue weighted by atomic mass is 9.91. The molecule has 3 aromatic rings. The number of aromatic nitrogens is 1. The first kappa shape index (κ1) is 18.6. The monoisotopic (exact) mass is 380 g/mol. The molecule has 0 radical (unpaired) electrons. The largest absolute Gasteiger partial charge is 0.361 e. The fourth-order valence-electron chi connectivity index (χ4n) is 4.48. The van der Waals surface area contributed by atoms with Gasteiger partial charge in [0.1, 0.15) is 0 Å². The quantitative estimate of drug-likeness (QED) is 0.491. The average molecular weight is 381 g/mol. The van der Waals surface area contributed by atoms with Gasteiger partial charge in [-0.2, -0.15) is 0 Å². The third-order valence-corrected chi connectivity index (χ3v) is 6.11. The summed E-state index contributed by atoms with van der Waals surface area (Å²) in [5, 5.41) is 2.10. The number of aryl methyl sites for hydroxylation is 1. The zero-order valence-corrected chi connectivity index (χ0v) is 16.7. The third kappa shape index (κ3) is 4.94. The molecule has 2 nitrogen and oxygen atoms in total. The number of rotatable bonds is 7. The van der Waals surface area contributed by atoms with Crippen molar-refractivity contribution >= 4 is 22.5 Å². The predicted molar refractivity (Wildman–Crippen MR) is 116 cm³/mol. The van der Waals surface area contributed by atoms with E-state index in [9.17, 15) is 0 Å². The van der Waals surface area contributed by atoms with Gasteiger partial charge in [0.2, 0.25) is 0 Å². The van der Waals surface area contributed by atoms with E-state index in [4.69, 9.17) is 11.6 Å². The first-order valence-electron chi connectivity index (χ1n) is 10.3. The van der Waals surface area contributed by atoms with E-state index in [0.717, 1.165) is 17.4 Å². The van der Waals surface area contributed by atoms with Crippen LogP contribution in [0.5, 0.6) is 0 Å². The van der Waals surface area contributed by atoms with Crippen LogP contribution in [-0.2, 0) is 12.8 Å². The number of likely N-dealkylation sites (tertiary alicyclic amines) is 1. The third-order valence-electron chi connectivity index (χ3n) is 5.87. The van der Waals surface area contributed by atoms with Crippen molar-refractivity contribution in [2.24, 2.45) is 5.92 Å². The van der Waals surface area contributed by atoms with Crippen LogP contribution in [0.1, 0.15) is 36.8 Å². The first-order chi connectivity index (χ1) is 13.3. The molecule has 2 heterocycles. The van der Waals surface area contributed by atoms with E-state index in [1.807, 2.05) is 6.07 Å². The summed E-state index contributed by atoms with van der Waals surface area (Å²) in [6.45, 7) is 3.76. The predicted octanol–water partition coefficient (Wildman–Crippen LogP) is 6.10. The minimum absolute atomic E-state index is 0.817. The van der Waals surface area contributed by atoms with Crippen LogP contribution in [0.25, 0.3) is 10.9 Å². The Kier molecular flexibility index (Phi) is 6.16. The Morgan fingerprint density at radius 3 is 2.85 bits per heavy atom. The van der Waals surface area contributed by atoms with Gasteiger partial charge in [-0.1, -0.05) is 41.9 Å². The van der Waals surface area contributed by atoms with E-state index in [-0.39, 0.29) is 0 Å². The molecule has 1 aromatic heterocycles. The summed E-state index contributed by atoms with van der Waals surface area (Å²) in [7, 11) is 0. The minimum atomic E-state index is 0.817. The Bertz CT molecular complexity index is 855. The summed E-state index contributed by atoms with van der Waals surface area (Å²) < 4.78 is 0. The smallest absolute Gasteiger partial charge is 0.0457 e. The second-order valence-electron chi connectivity index (χ2n) is 7.96. The van der Waals surface area contributed by atoms with Crippen molar-refractivity contribution < 1.29 is 0 Å². The Hall–Kier alpha value is -1.77. The highest BCUT2D eigenvalue weighted by Gasteiger charge is 2.19. The summed E-state index contributed by atoms with van der Waals surface area (Å²) in [6, 6.07) is 17.1. The summed E-state index contributed by atoms with van der Waals surface area (Å²) in [4.78, 5) is 6.05. The number of aromatic amines is 1. The SMILES string of the molecule is Clc1ccc2[nH]cc(CCCCN3CCCC(Cc4ccccc4)C3)c2c1. The van der Waals surface area contributed by atoms with Gasteiger partial charge in [0.15, 0.2) is 0 Å². The number of hydrogen-bond donors (Lipinski definition) is 1. The van der Waals surface area contributed by atoms with Crippen molar-refractivity contribution in [3.8, 4) is 0 Å². The van der Waals surface area contributed by atoms with Crippen LogP contribution in [0, 0.1) is 5.92 Å². The van der Waals surface area contributed by atoms with Gasteiger partial charge in [0, 0.05) is 28.7 Å². The lowest BCUT2D eigenvalue weighted by molar-refractivity contribution is 0.171. The molecule has 1 aliphatic heterocycles. The number of unbranched alkanes of at least 4 members (excludes halogenated alkanes) is 1. The fraction of sp³-hybridized carbons (Fsp3) is 0.417. The Balaban J connectivity index is 1.23. The second-order valence-corrected chi connectivity index (χ2v) is 8.40. The highest BCUT2D eigenvalue weighted by atomic mass is 35.5. The van der Waals surface area contributed by atoms with Gasteiger partial charge in [0.25, 0.3) is 0 Å². The van der Waals surface area contributed by atoms with E-state index in [1.54, 1.807) is 0 Å². The summed E-state index contributed by atoms with van der Waals surface area (Å²) in [6.07, 6.45) is 9.73. The number of halogens is 1. The molecule has 0 aliphatic carbocycles. The molecule has 1 aliphatic rings. The average Bonchev–Trinajstić information content (AvgIpc) is 3.08. The van der Waals surface area contributed by atoms with Gasteiger partial charge in [-0.25, -0.2) is 0 Å². The molecule has 1 unspecified atom stereocenters. The molecule has 1 saturated heterocycles. The molecule has 1 atom stereocenters. The van der Waals surface area contributed by atoms with Crippen LogP contribution in [0.2, 0.25) is 5.02 Å². The van der Waals surface area contributed by atoms with E-state index in [0.29, 0.717) is 0 Å². The molecule has 0 amide bonds. The second kappa shape index (κ2) is 8.95. The maximum atomic E-state index is 6.16. The number of benzene rings is 2. The Labute approximate surface area is 167 Å². The molecule has 1 fully saturated rings. The maximum Gasteiger partial charge on any atom is 0.0457 e. The number of hydrogen-bond acceptors (Lipinski definition) is 1.